The van der Waals surface area contributed by atoms with Crippen LogP contribution in [-0.4, -0.2) is 16.6 Å². The van der Waals surface area contributed by atoms with Gasteiger partial charge in [0, 0.05) is 11.1 Å². The fraction of sp³-hybridized carbons (Fsp3) is 0.273. The maximum absolute atomic E-state index is 11.9. The third-order valence-electron chi connectivity index (χ3n) is 2.47. The van der Waals surface area contributed by atoms with E-state index >= 15 is 0 Å². The van der Waals surface area contributed by atoms with Gasteiger partial charge in [0.2, 0.25) is 5.91 Å². The minimum absolute atomic E-state index is 0.0805. The van der Waals surface area contributed by atoms with Gasteiger partial charge in [-0.1, -0.05) is 0 Å². The maximum Gasteiger partial charge on any atom is 0.240 e. The second-order valence-corrected chi connectivity index (χ2v) is 5.98. The van der Waals surface area contributed by atoms with Gasteiger partial charge >= 0.3 is 0 Å². The molecule has 1 fully saturated rings. The summed E-state index contributed by atoms with van der Waals surface area (Å²) in [6.07, 6.45) is 3.42. The number of furan rings is 1. The van der Waals surface area contributed by atoms with Gasteiger partial charge in [0.15, 0.2) is 5.13 Å². The van der Waals surface area contributed by atoms with E-state index in [1.54, 1.807) is 29.1 Å². The molecular formula is C11H10N2O2S2. The third kappa shape index (κ3) is 1.87. The lowest BCUT2D eigenvalue weighted by atomic mass is 10.4. The Balaban J connectivity index is 1.97. The van der Waals surface area contributed by atoms with E-state index in [4.69, 9.17) is 4.42 Å². The Hall–Kier alpha value is -1.27. The van der Waals surface area contributed by atoms with Crippen molar-refractivity contribution in [3.8, 4) is 0 Å². The average Bonchev–Trinajstić information content (AvgIpc) is 2.97. The fourth-order valence-corrected chi connectivity index (χ4v) is 3.70. The summed E-state index contributed by atoms with van der Waals surface area (Å²) in [5, 5.41) is 0.668. The Bertz CT molecular complexity index is 535. The molecule has 1 aliphatic rings. The van der Waals surface area contributed by atoms with E-state index < -0.39 is 0 Å². The largest absolute Gasteiger partial charge is 0.466 e. The van der Waals surface area contributed by atoms with Crippen LogP contribution in [0.3, 0.4) is 0 Å². The van der Waals surface area contributed by atoms with E-state index in [0.29, 0.717) is 5.75 Å². The van der Waals surface area contributed by atoms with E-state index in [-0.39, 0.29) is 11.3 Å². The number of amides is 1. The van der Waals surface area contributed by atoms with E-state index in [1.165, 1.54) is 11.3 Å². The minimum atomic E-state index is -0.0805. The molecule has 6 heteroatoms. The summed E-state index contributed by atoms with van der Waals surface area (Å²) in [5.74, 6) is 1.36. The summed E-state index contributed by atoms with van der Waals surface area (Å²) >= 11 is 3.10. The summed E-state index contributed by atoms with van der Waals surface area (Å²) < 4.78 is 5.39. The molecule has 3 rings (SSSR count). The third-order valence-corrected chi connectivity index (χ3v) is 4.55. The van der Waals surface area contributed by atoms with E-state index in [1.807, 2.05) is 19.1 Å². The summed E-state index contributed by atoms with van der Waals surface area (Å²) in [5.41, 5.74) is 0. The molecule has 0 saturated carbocycles. The van der Waals surface area contributed by atoms with Gasteiger partial charge in [-0.25, -0.2) is 4.98 Å². The highest BCUT2D eigenvalue weighted by Crippen LogP contribution is 2.42. The Morgan fingerprint density at radius 2 is 2.47 bits per heavy atom. The van der Waals surface area contributed by atoms with Crippen molar-refractivity contribution in [2.75, 3.05) is 10.7 Å². The predicted molar refractivity (Wildman–Crippen MR) is 68.2 cm³/mol. The van der Waals surface area contributed by atoms with Crippen LogP contribution in [0.4, 0.5) is 5.13 Å². The Labute approximate surface area is 107 Å². The summed E-state index contributed by atoms with van der Waals surface area (Å²) in [6, 6.07) is 3.73. The number of nitrogens with zero attached hydrogens (tertiary/aromatic N) is 2. The topological polar surface area (TPSA) is 46.3 Å². The predicted octanol–water partition coefficient (Wildman–Crippen LogP) is 2.82. The molecule has 0 aromatic carbocycles. The second-order valence-electron chi connectivity index (χ2n) is 3.70. The van der Waals surface area contributed by atoms with Gasteiger partial charge in [-0.3, -0.25) is 9.69 Å². The fourth-order valence-electron chi connectivity index (χ4n) is 1.73. The average molecular weight is 266 g/mol. The SMILES string of the molecule is Cc1cnc(N2C(=O)CS[C@@H]2c2ccco2)s1. The lowest BCUT2D eigenvalue weighted by Gasteiger charge is -2.18. The summed E-state index contributed by atoms with van der Waals surface area (Å²) in [7, 11) is 0. The van der Waals surface area contributed by atoms with Gasteiger partial charge < -0.3 is 4.42 Å². The van der Waals surface area contributed by atoms with Crippen LogP contribution < -0.4 is 4.90 Å². The Morgan fingerprint density at radius 1 is 1.59 bits per heavy atom. The van der Waals surface area contributed by atoms with Crippen LogP contribution in [0.1, 0.15) is 16.0 Å². The van der Waals surface area contributed by atoms with Gasteiger partial charge in [-0.2, -0.15) is 0 Å². The molecule has 1 aliphatic heterocycles. The first-order chi connectivity index (χ1) is 8.25. The molecule has 3 heterocycles. The zero-order chi connectivity index (χ0) is 11.8. The summed E-state index contributed by atoms with van der Waals surface area (Å²) in [6.45, 7) is 1.98. The number of thioether (sulfide) groups is 1. The molecule has 1 saturated heterocycles. The highest BCUT2D eigenvalue weighted by molar-refractivity contribution is 8.00. The van der Waals surface area contributed by atoms with E-state index in [9.17, 15) is 4.79 Å². The Kier molecular flexibility index (Phi) is 2.68. The number of aryl methyl sites for hydroxylation is 1. The molecule has 1 atom stereocenters. The van der Waals surface area contributed by atoms with Crippen molar-refractivity contribution in [3.05, 3.63) is 35.2 Å². The quantitative estimate of drug-likeness (QED) is 0.838. The van der Waals surface area contributed by atoms with Crippen molar-refractivity contribution in [2.24, 2.45) is 0 Å². The van der Waals surface area contributed by atoms with Crippen LogP contribution in [0, 0.1) is 6.92 Å². The van der Waals surface area contributed by atoms with Crippen LogP contribution in [0.15, 0.2) is 29.0 Å². The number of carbonyl (C=O) groups excluding carboxylic acids is 1. The summed E-state index contributed by atoms with van der Waals surface area (Å²) in [4.78, 5) is 19.0. The number of hydrogen-bond donors (Lipinski definition) is 0. The number of anilines is 1. The molecule has 88 valence electrons. The van der Waals surface area contributed by atoms with Crippen molar-refractivity contribution in [3.63, 3.8) is 0 Å². The molecule has 0 N–H and O–H groups in total. The molecule has 1 amide bonds. The van der Waals surface area contributed by atoms with Gasteiger partial charge in [-0.05, 0) is 19.1 Å². The van der Waals surface area contributed by atoms with Crippen molar-refractivity contribution < 1.29 is 9.21 Å². The molecule has 0 spiro atoms. The Morgan fingerprint density at radius 3 is 3.12 bits per heavy atom. The molecule has 0 radical (unpaired) electrons. The number of rotatable bonds is 2. The second kappa shape index (κ2) is 4.19. The lowest BCUT2D eigenvalue weighted by molar-refractivity contribution is -0.115. The molecular weight excluding hydrogens is 256 g/mol. The van der Waals surface area contributed by atoms with E-state index in [0.717, 1.165) is 15.8 Å². The lowest BCUT2D eigenvalue weighted by Crippen LogP contribution is -2.27. The van der Waals surface area contributed by atoms with Crippen LogP contribution in [0.2, 0.25) is 0 Å². The molecule has 0 bridgehead atoms. The van der Waals surface area contributed by atoms with Crippen LogP contribution in [0.25, 0.3) is 0 Å². The molecule has 0 aliphatic carbocycles. The highest BCUT2D eigenvalue weighted by Gasteiger charge is 2.37. The standard InChI is InChI=1S/C11H10N2O2S2/c1-7-5-12-11(17-7)13-9(14)6-16-10(13)8-3-2-4-15-8/h2-5,10H,6H2,1H3/t10-/m1/s1. The smallest absolute Gasteiger partial charge is 0.240 e. The first-order valence-corrected chi connectivity index (χ1v) is 7.02. The van der Waals surface area contributed by atoms with Crippen LogP contribution in [-0.2, 0) is 4.79 Å². The van der Waals surface area contributed by atoms with Crippen LogP contribution >= 0.6 is 23.1 Å². The first-order valence-electron chi connectivity index (χ1n) is 5.15. The van der Waals surface area contributed by atoms with Gasteiger partial charge in [-0.15, -0.1) is 23.1 Å². The normalized spacial score (nSPS) is 20.2. The van der Waals surface area contributed by atoms with Gasteiger partial charge in [0.25, 0.3) is 0 Å². The molecule has 2 aromatic rings. The zero-order valence-electron chi connectivity index (χ0n) is 9.12. The number of hydrogen-bond acceptors (Lipinski definition) is 5. The van der Waals surface area contributed by atoms with Gasteiger partial charge in [0.1, 0.15) is 11.1 Å². The van der Waals surface area contributed by atoms with E-state index in [2.05, 4.69) is 4.98 Å². The molecule has 2 aromatic heterocycles. The van der Waals surface area contributed by atoms with Crippen molar-refractivity contribution >= 4 is 34.1 Å². The van der Waals surface area contributed by atoms with Crippen molar-refractivity contribution in [1.82, 2.24) is 4.98 Å². The van der Waals surface area contributed by atoms with Gasteiger partial charge in [0.05, 0.1) is 12.0 Å². The van der Waals surface area contributed by atoms with Crippen molar-refractivity contribution in [2.45, 2.75) is 12.3 Å². The number of aromatic nitrogens is 1. The molecule has 4 nitrogen and oxygen atoms in total. The maximum atomic E-state index is 11.9. The molecule has 0 unspecified atom stereocenters. The first kappa shape index (κ1) is 10.9. The zero-order valence-corrected chi connectivity index (χ0v) is 10.8. The highest BCUT2D eigenvalue weighted by atomic mass is 32.2. The number of carbonyl (C=O) groups is 1. The van der Waals surface area contributed by atoms with Crippen molar-refractivity contribution in [1.29, 1.82) is 0 Å². The minimum Gasteiger partial charge on any atom is -0.466 e. The molecule has 17 heavy (non-hydrogen) atoms. The number of thiazole rings is 1. The van der Waals surface area contributed by atoms with Crippen LogP contribution in [0.5, 0.6) is 0 Å². The monoisotopic (exact) mass is 266 g/mol.